The predicted octanol–water partition coefficient (Wildman–Crippen LogP) is 4.16. The van der Waals surface area contributed by atoms with Gasteiger partial charge in [0.15, 0.2) is 0 Å². The summed E-state index contributed by atoms with van der Waals surface area (Å²) in [6, 6.07) is 13.6. The van der Waals surface area contributed by atoms with Gasteiger partial charge in [-0.1, -0.05) is 23.7 Å². The number of hydrogen-bond acceptors (Lipinski definition) is 4. The first kappa shape index (κ1) is 13.2. The van der Waals surface area contributed by atoms with Crippen molar-refractivity contribution in [1.82, 2.24) is 9.97 Å². The van der Waals surface area contributed by atoms with E-state index >= 15 is 0 Å². The molecule has 0 saturated carbocycles. The van der Waals surface area contributed by atoms with Crippen LogP contribution in [0.5, 0.6) is 0 Å². The lowest BCUT2D eigenvalue weighted by Gasteiger charge is -2.05. The molecule has 0 saturated heterocycles. The number of nitrogens with zero attached hydrogens (tertiary/aromatic N) is 2. The van der Waals surface area contributed by atoms with Gasteiger partial charge in [-0.2, -0.15) is 0 Å². The van der Waals surface area contributed by atoms with E-state index in [1.54, 1.807) is 18.1 Å². The average Bonchev–Trinajstić information content (AvgIpc) is 2.46. The molecule has 0 unspecified atom stereocenters. The number of hydrogen-bond donors (Lipinski definition) is 1. The van der Waals surface area contributed by atoms with E-state index in [0.717, 1.165) is 26.7 Å². The van der Waals surface area contributed by atoms with Gasteiger partial charge in [-0.15, -0.1) is 11.8 Å². The van der Waals surface area contributed by atoms with Crippen LogP contribution in [-0.4, -0.2) is 9.97 Å². The van der Waals surface area contributed by atoms with E-state index in [0.29, 0.717) is 5.69 Å². The molecule has 0 spiro atoms. The minimum Gasteiger partial charge on any atom is -0.399 e. The molecule has 0 aliphatic carbocycles. The van der Waals surface area contributed by atoms with Gasteiger partial charge in [0.2, 0.25) is 0 Å². The van der Waals surface area contributed by atoms with Crippen molar-refractivity contribution in [1.29, 1.82) is 0 Å². The van der Waals surface area contributed by atoms with Crippen molar-refractivity contribution >= 4 is 40.0 Å². The van der Waals surface area contributed by atoms with Gasteiger partial charge in [-0.25, -0.2) is 9.97 Å². The van der Waals surface area contributed by atoms with Gasteiger partial charge < -0.3 is 5.73 Å². The van der Waals surface area contributed by atoms with Crippen LogP contribution in [0.15, 0.2) is 53.8 Å². The highest BCUT2D eigenvalue weighted by Crippen LogP contribution is 2.28. The van der Waals surface area contributed by atoms with Crippen LogP contribution in [0.2, 0.25) is 5.02 Å². The standard InChI is InChI=1S/C15H12ClN3S/c16-11-3-1-10(2-4-11)8-20-15-13-6-5-12(17)7-14(13)18-9-19-15/h1-7,9H,8,17H2. The number of nitrogen functional groups attached to an aromatic ring is 1. The van der Waals surface area contributed by atoms with Crippen molar-refractivity contribution < 1.29 is 0 Å². The first-order valence-electron chi connectivity index (χ1n) is 6.10. The van der Waals surface area contributed by atoms with Crippen molar-refractivity contribution in [2.24, 2.45) is 0 Å². The average molecular weight is 302 g/mol. The smallest absolute Gasteiger partial charge is 0.117 e. The number of anilines is 1. The van der Waals surface area contributed by atoms with E-state index in [-0.39, 0.29) is 0 Å². The minimum atomic E-state index is 0.713. The molecular weight excluding hydrogens is 290 g/mol. The lowest BCUT2D eigenvalue weighted by atomic mass is 10.2. The molecule has 2 aromatic carbocycles. The van der Waals surface area contributed by atoms with Gasteiger partial charge in [0.25, 0.3) is 0 Å². The van der Waals surface area contributed by atoms with Gasteiger partial charge >= 0.3 is 0 Å². The molecule has 0 atom stereocenters. The number of benzene rings is 2. The molecule has 1 aromatic heterocycles. The Kier molecular flexibility index (Phi) is 3.76. The summed E-state index contributed by atoms with van der Waals surface area (Å²) < 4.78 is 0. The molecule has 100 valence electrons. The zero-order valence-corrected chi connectivity index (χ0v) is 12.2. The van der Waals surface area contributed by atoms with Gasteiger partial charge in [0, 0.05) is 21.8 Å². The van der Waals surface area contributed by atoms with Gasteiger partial charge in [-0.3, -0.25) is 0 Å². The Morgan fingerprint density at radius 2 is 1.85 bits per heavy atom. The molecule has 3 nitrogen and oxygen atoms in total. The summed E-state index contributed by atoms with van der Waals surface area (Å²) >= 11 is 7.56. The van der Waals surface area contributed by atoms with E-state index in [9.17, 15) is 0 Å². The monoisotopic (exact) mass is 301 g/mol. The molecule has 20 heavy (non-hydrogen) atoms. The highest BCUT2D eigenvalue weighted by molar-refractivity contribution is 7.98. The van der Waals surface area contributed by atoms with E-state index in [1.807, 2.05) is 42.5 Å². The normalized spacial score (nSPS) is 10.8. The zero-order valence-electron chi connectivity index (χ0n) is 10.6. The summed E-state index contributed by atoms with van der Waals surface area (Å²) in [6.07, 6.45) is 1.58. The minimum absolute atomic E-state index is 0.713. The molecule has 0 bridgehead atoms. The second-order valence-electron chi connectivity index (χ2n) is 4.37. The lowest BCUT2D eigenvalue weighted by molar-refractivity contribution is 1.10. The first-order valence-corrected chi connectivity index (χ1v) is 7.46. The molecule has 3 rings (SSSR count). The Hall–Kier alpha value is -1.78. The summed E-state index contributed by atoms with van der Waals surface area (Å²) in [7, 11) is 0. The van der Waals surface area contributed by atoms with Gasteiger partial charge in [0.1, 0.15) is 11.4 Å². The van der Waals surface area contributed by atoms with Crippen molar-refractivity contribution in [3.05, 3.63) is 59.4 Å². The van der Waals surface area contributed by atoms with E-state index < -0.39 is 0 Å². The molecule has 0 aliphatic rings. The van der Waals surface area contributed by atoms with Crippen LogP contribution in [0.4, 0.5) is 5.69 Å². The van der Waals surface area contributed by atoms with Crippen LogP contribution in [0.25, 0.3) is 10.9 Å². The third kappa shape index (κ3) is 2.86. The maximum Gasteiger partial charge on any atom is 0.117 e. The highest BCUT2D eigenvalue weighted by atomic mass is 35.5. The molecule has 2 N–H and O–H groups in total. The fourth-order valence-corrected chi connectivity index (χ4v) is 2.97. The van der Waals surface area contributed by atoms with Crippen LogP contribution in [-0.2, 0) is 5.75 Å². The number of fused-ring (bicyclic) bond motifs is 1. The number of aromatic nitrogens is 2. The predicted molar refractivity (Wildman–Crippen MR) is 85.0 cm³/mol. The molecule has 5 heteroatoms. The van der Waals surface area contributed by atoms with Gasteiger partial charge in [0.05, 0.1) is 5.52 Å². The summed E-state index contributed by atoms with van der Waals surface area (Å²) in [5.41, 5.74) is 8.57. The molecule has 0 fully saturated rings. The van der Waals surface area contributed by atoms with Crippen molar-refractivity contribution in [3.8, 4) is 0 Å². The van der Waals surface area contributed by atoms with Crippen LogP contribution >= 0.6 is 23.4 Å². The van der Waals surface area contributed by atoms with Crippen LogP contribution in [0.3, 0.4) is 0 Å². The number of nitrogens with two attached hydrogens (primary N) is 1. The Bertz CT molecular complexity index is 744. The number of halogens is 1. The molecular formula is C15H12ClN3S. The summed E-state index contributed by atoms with van der Waals surface area (Å²) in [5.74, 6) is 0.841. The Morgan fingerprint density at radius 3 is 2.65 bits per heavy atom. The van der Waals surface area contributed by atoms with Gasteiger partial charge in [-0.05, 0) is 35.9 Å². The Balaban J connectivity index is 1.85. The van der Waals surface area contributed by atoms with Crippen LogP contribution in [0, 0.1) is 0 Å². The number of thioether (sulfide) groups is 1. The maximum absolute atomic E-state index is 5.88. The summed E-state index contributed by atoms with van der Waals surface area (Å²) in [6.45, 7) is 0. The highest BCUT2D eigenvalue weighted by Gasteiger charge is 2.05. The Morgan fingerprint density at radius 1 is 1.05 bits per heavy atom. The fraction of sp³-hybridized carbons (Fsp3) is 0.0667. The lowest BCUT2D eigenvalue weighted by Crippen LogP contribution is -1.90. The summed E-state index contributed by atoms with van der Waals surface area (Å²) in [5, 5.41) is 2.74. The first-order chi connectivity index (χ1) is 9.72. The van der Waals surface area contributed by atoms with Crippen molar-refractivity contribution in [2.75, 3.05) is 5.73 Å². The van der Waals surface area contributed by atoms with Crippen molar-refractivity contribution in [3.63, 3.8) is 0 Å². The van der Waals surface area contributed by atoms with E-state index in [4.69, 9.17) is 17.3 Å². The molecule has 0 radical (unpaired) electrons. The molecule has 3 aromatic rings. The van der Waals surface area contributed by atoms with Crippen molar-refractivity contribution in [2.45, 2.75) is 10.8 Å². The quantitative estimate of drug-likeness (QED) is 0.448. The largest absolute Gasteiger partial charge is 0.399 e. The molecule has 0 aliphatic heterocycles. The maximum atomic E-state index is 5.88. The van der Waals surface area contributed by atoms with E-state index in [1.165, 1.54) is 5.56 Å². The third-order valence-corrected chi connectivity index (χ3v) is 4.24. The van der Waals surface area contributed by atoms with Crippen LogP contribution in [0.1, 0.15) is 5.56 Å². The molecule has 0 amide bonds. The third-order valence-electron chi connectivity index (χ3n) is 2.91. The molecule has 1 heterocycles. The van der Waals surface area contributed by atoms with Crippen LogP contribution < -0.4 is 5.73 Å². The Labute approximate surface area is 126 Å². The zero-order chi connectivity index (χ0) is 13.9. The topological polar surface area (TPSA) is 51.8 Å². The number of rotatable bonds is 3. The summed E-state index contributed by atoms with van der Waals surface area (Å²) in [4.78, 5) is 8.60. The second-order valence-corrected chi connectivity index (χ2v) is 5.77. The second kappa shape index (κ2) is 5.69. The SMILES string of the molecule is Nc1ccc2c(SCc3ccc(Cl)cc3)ncnc2c1. The van der Waals surface area contributed by atoms with E-state index in [2.05, 4.69) is 9.97 Å². The fourth-order valence-electron chi connectivity index (χ4n) is 1.90.